The van der Waals surface area contributed by atoms with Crippen LogP contribution in [0.25, 0.3) is 0 Å². The fourth-order valence-electron chi connectivity index (χ4n) is 5.62. The molecular weight excluding hydrogens is 433 g/mol. The average molecular weight is 463 g/mol. The quantitative estimate of drug-likeness (QED) is 0.459. The van der Waals surface area contributed by atoms with Crippen LogP contribution in [0, 0.1) is 44.0 Å². The van der Waals surface area contributed by atoms with Gasteiger partial charge in [0.2, 0.25) is 0 Å². The van der Waals surface area contributed by atoms with Gasteiger partial charge in [-0.15, -0.1) is 0 Å². The van der Waals surface area contributed by atoms with E-state index in [2.05, 4.69) is 73.7 Å². The van der Waals surface area contributed by atoms with Crippen LogP contribution >= 0.6 is 22.6 Å². The highest BCUT2D eigenvalue weighted by Gasteiger charge is 2.52. The summed E-state index contributed by atoms with van der Waals surface area (Å²) in [6.07, 6.45) is 6.87. The van der Waals surface area contributed by atoms with Crippen LogP contribution in [0.15, 0.2) is 35.9 Å². The summed E-state index contributed by atoms with van der Waals surface area (Å²) in [5.41, 5.74) is 2.83. The van der Waals surface area contributed by atoms with Crippen molar-refractivity contribution in [3.8, 4) is 6.07 Å². The van der Waals surface area contributed by atoms with Gasteiger partial charge < -0.3 is 5.11 Å². The van der Waals surface area contributed by atoms with E-state index in [4.69, 9.17) is 5.26 Å². The lowest BCUT2D eigenvalue weighted by atomic mass is 9.49. The fourth-order valence-corrected chi connectivity index (χ4v) is 5.98. The predicted molar refractivity (Wildman–Crippen MR) is 114 cm³/mol. The summed E-state index contributed by atoms with van der Waals surface area (Å²) in [5.74, 6) is 1.95. The SMILES string of the molecule is C/C(=C\C#N)[C@@H]1CC[C@@H]2[C@H](Cc3ccc(I)cc3)[C@@H](O)C[C@@H](C)[C@]2(C)C1. The summed E-state index contributed by atoms with van der Waals surface area (Å²) in [4.78, 5) is 0. The number of hydrogen-bond acceptors (Lipinski definition) is 2. The monoisotopic (exact) mass is 463 g/mol. The molecule has 0 aromatic heterocycles. The zero-order chi connectivity index (χ0) is 18.9. The second-order valence-electron chi connectivity index (χ2n) is 8.81. The maximum absolute atomic E-state index is 10.9. The van der Waals surface area contributed by atoms with Crippen LogP contribution in [-0.2, 0) is 6.42 Å². The number of allylic oxidation sites excluding steroid dienone is 2. The van der Waals surface area contributed by atoms with E-state index >= 15 is 0 Å². The third kappa shape index (κ3) is 3.87. The Bertz CT molecular complexity index is 704. The molecule has 2 aliphatic carbocycles. The standard InChI is InChI=1S/C23H30INO/c1-15(10-11-25)18-6-9-21-20(13-17-4-7-19(24)8-5-17)22(26)12-16(2)23(21,3)14-18/h4-5,7-8,10,16,18,20-22,26H,6,9,12-14H2,1-3H3/b15-10+/t16-,18-,20+,21-,22+,23+/m1/s1. The van der Waals surface area contributed by atoms with Crippen LogP contribution in [0.5, 0.6) is 0 Å². The van der Waals surface area contributed by atoms with E-state index in [1.54, 1.807) is 6.08 Å². The van der Waals surface area contributed by atoms with Crippen molar-refractivity contribution in [3.05, 3.63) is 45.0 Å². The summed E-state index contributed by atoms with van der Waals surface area (Å²) < 4.78 is 1.26. The van der Waals surface area contributed by atoms with Crippen LogP contribution < -0.4 is 0 Å². The van der Waals surface area contributed by atoms with Crippen molar-refractivity contribution in [2.45, 2.75) is 59.0 Å². The van der Waals surface area contributed by atoms with Gasteiger partial charge in [0.25, 0.3) is 0 Å². The van der Waals surface area contributed by atoms with E-state index in [-0.39, 0.29) is 11.5 Å². The molecule has 3 heteroatoms. The fraction of sp³-hybridized carbons (Fsp3) is 0.609. The van der Waals surface area contributed by atoms with Gasteiger partial charge in [0.15, 0.2) is 0 Å². The number of rotatable bonds is 3. The van der Waals surface area contributed by atoms with Crippen LogP contribution in [0.2, 0.25) is 0 Å². The molecule has 0 heterocycles. The highest BCUT2D eigenvalue weighted by atomic mass is 127. The molecule has 3 rings (SSSR count). The molecule has 1 N–H and O–H groups in total. The molecule has 2 fully saturated rings. The van der Waals surface area contributed by atoms with Crippen molar-refractivity contribution >= 4 is 22.6 Å². The Morgan fingerprint density at radius 1 is 1.35 bits per heavy atom. The summed E-state index contributed by atoms with van der Waals surface area (Å²) in [6.45, 7) is 6.88. The van der Waals surface area contributed by atoms with E-state index in [1.807, 2.05) is 0 Å². The normalized spacial score (nSPS) is 37.7. The van der Waals surface area contributed by atoms with Crippen molar-refractivity contribution in [2.24, 2.45) is 29.1 Å². The largest absolute Gasteiger partial charge is 0.393 e. The molecule has 2 saturated carbocycles. The van der Waals surface area contributed by atoms with E-state index in [0.717, 1.165) is 32.1 Å². The zero-order valence-electron chi connectivity index (χ0n) is 16.1. The molecule has 0 amide bonds. The summed E-state index contributed by atoms with van der Waals surface area (Å²) in [6, 6.07) is 11.0. The van der Waals surface area contributed by atoms with Crippen LogP contribution in [-0.4, -0.2) is 11.2 Å². The maximum atomic E-state index is 10.9. The minimum atomic E-state index is -0.199. The first-order chi connectivity index (χ1) is 12.3. The van der Waals surface area contributed by atoms with Gasteiger partial charge in [-0.25, -0.2) is 0 Å². The third-order valence-electron chi connectivity index (χ3n) is 7.41. The molecule has 2 nitrogen and oxygen atoms in total. The first kappa shape index (κ1) is 19.9. The van der Waals surface area contributed by atoms with Crippen molar-refractivity contribution in [1.82, 2.24) is 0 Å². The molecule has 0 radical (unpaired) electrons. The average Bonchev–Trinajstić information content (AvgIpc) is 2.60. The Labute approximate surface area is 171 Å². The summed E-state index contributed by atoms with van der Waals surface area (Å²) >= 11 is 2.34. The molecule has 2 aliphatic rings. The molecule has 0 bridgehead atoms. The Morgan fingerprint density at radius 2 is 2.04 bits per heavy atom. The molecule has 140 valence electrons. The molecule has 6 atom stereocenters. The molecule has 1 aromatic carbocycles. The Kier molecular flexibility index (Phi) is 6.14. The molecular formula is C23H30INO. The predicted octanol–water partition coefficient (Wildman–Crippen LogP) is 5.74. The van der Waals surface area contributed by atoms with Crippen LogP contribution in [0.3, 0.4) is 0 Å². The molecule has 1 aromatic rings. The topological polar surface area (TPSA) is 44.0 Å². The van der Waals surface area contributed by atoms with Gasteiger partial charge in [0.05, 0.1) is 12.2 Å². The summed E-state index contributed by atoms with van der Waals surface area (Å²) in [5, 5.41) is 19.9. The van der Waals surface area contributed by atoms with E-state index in [9.17, 15) is 5.11 Å². The maximum Gasteiger partial charge on any atom is 0.0911 e. The smallest absolute Gasteiger partial charge is 0.0911 e. The lowest BCUT2D eigenvalue weighted by Crippen LogP contribution is -2.52. The molecule has 26 heavy (non-hydrogen) atoms. The van der Waals surface area contributed by atoms with Gasteiger partial charge in [-0.2, -0.15) is 5.26 Å². The minimum absolute atomic E-state index is 0.199. The number of nitrogens with zero attached hydrogens (tertiary/aromatic N) is 1. The second-order valence-corrected chi connectivity index (χ2v) is 10.1. The summed E-state index contributed by atoms with van der Waals surface area (Å²) in [7, 11) is 0. The highest BCUT2D eigenvalue weighted by Crippen LogP contribution is 2.58. The Balaban J connectivity index is 1.84. The molecule has 0 aliphatic heterocycles. The first-order valence-electron chi connectivity index (χ1n) is 9.84. The number of aliphatic hydroxyl groups is 1. The molecule has 0 unspecified atom stereocenters. The highest BCUT2D eigenvalue weighted by molar-refractivity contribution is 14.1. The minimum Gasteiger partial charge on any atom is -0.393 e. The second kappa shape index (κ2) is 8.02. The van der Waals surface area contributed by atoms with Crippen molar-refractivity contribution in [3.63, 3.8) is 0 Å². The number of aliphatic hydroxyl groups excluding tert-OH is 1. The first-order valence-corrected chi connectivity index (χ1v) is 10.9. The van der Waals surface area contributed by atoms with E-state index in [1.165, 1.54) is 14.7 Å². The number of benzene rings is 1. The lowest BCUT2D eigenvalue weighted by molar-refractivity contribution is -0.105. The van der Waals surface area contributed by atoms with E-state index in [0.29, 0.717) is 23.7 Å². The number of hydrogen-bond donors (Lipinski definition) is 1. The van der Waals surface area contributed by atoms with Crippen molar-refractivity contribution < 1.29 is 5.11 Å². The van der Waals surface area contributed by atoms with Crippen molar-refractivity contribution in [2.75, 3.05) is 0 Å². The Hall–Kier alpha value is -0.860. The lowest BCUT2D eigenvalue weighted by Gasteiger charge is -2.56. The third-order valence-corrected chi connectivity index (χ3v) is 8.13. The van der Waals surface area contributed by atoms with Gasteiger partial charge in [0, 0.05) is 9.65 Å². The van der Waals surface area contributed by atoms with Gasteiger partial charge in [-0.1, -0.05) is 31.6 Å². The van der Waals surface area contributed by atoms with Gasteiger partial charge in [0.1, 0.15) is 0 Å². The molecule has 0 spiro atoms. The zero-order valence-corrected chi connectivity index (χ0v) is 18.2. The van der Waals surface area contributed by atoms with Crippen molar-refractivity contribution in [1.29, 1.82) is 5.26 Å². The number of nitriles is 1. The van der Waals surface area contributed by atoms with Gasteiger partial charge >= 0.3 is 0 Å². The van der Waals surface area contributed by atoms with E-state index < -0.39 is 0 Å². The Morgan fingerprint density at radius 3 is 2.69 bits per heavy atom. The number of halogens is 1. The molecule has 0 saturated heterocycles. The number of fused-ring (bicyclic) bond motifs is 1. The van der Waals surface area contributed by atoms with Crippen LogP contribution in [0.4, 0.5) is 0 Å². The van der Waals surface area contributed by atoms with Crippen LogP contribution in [0.1, 0.15) is 52.0 Å². The van der Waals surface area contributed by atoms with Gasteiger partial charge in [-0.05, 0) is 108 Å². The van der Waals surface area contributed by atoms with Gasteiger partial charge in [-0.3, -0.25) is 0 Å².